The third-order valence-electron chi connectivity index (χ3n) is 3.00. The molecule has 0 bridgehead atoms. The van der Waals surface area contributed by atoms with Crippen LogP contribution < -0.4 is 10.6 Å². The molecule has 0 aliphatic carbocycles. The molecule has 0 fully saturated rings. The predicted octanol–water partition coefficient (Wildman–Crippen LogP) is 0.908. The van der Waals surface area contributed by atoms with Crippen molar-refractivity contribution in [3.63, 3.8) is 0 Å². The van der Waals surface area contributed by atoms with E-state index in [0.29, 0.717) is 12.3 Å². The van der Waals surface area contributed by atoms with Gasteiger partial charge in [0.2, 0.25) is 5.91 Å². The minimum atomic E-state index is -0.782. The van der Waals surface area contributed by atoms with Gasteiger partial charge in [0.05, 0.1) is 0 Å². The Morgan fingerprint density at radius 2 is 2.28 bits per heavy atom. The maximum absolute atomic E-state index is 11.9. The first-order valence-electron chi connectivity index (χ1n) is 6.09. The standard InChI is InChI=1S/C13H18N2O2S/c1-18(17)8-4-7-14-13(16)12-9-10-5-2-3-6-11(10)15-12/h2-3,5-6,12,15H,4,7-9H2,1H3,(H,14,16). The molecule has 0 radical (unpaired) electrons. The fourth-order valence-electron chi connectivity index (χ4n) is 2.07. The van der Waals surface area contributed by atoms with Gasteiger partial charge in [0.25, 0.3) is 0 Å². The summed E-state index contributed by atoms with van der Waals surface area (Å²) >= 11 is 0. The number of carbonyl (C=O) groups is 1. The van der Waals surface area contributed by atoms with E-state index >= 15 is 0 Å². The lowest BCUT2D eigenvalue weighted by atomic mass is 10.1. The number of hydrogen-bond donors (Lipinski definition) is 2. The van der Waals surface area contributed by atoms with Crippen LogP contribution in [0.15, 0.2) is 24.3 Å². The van der Waals surface area contributed by atoms with Gasteiger partial charge in [0, 0.05) is 41.5 Å². The number of carbonyl (C=O) groups excluding carboxylic acids is 1. The van der Waals surface area contributed by atoms with Crippen LogP contribution >= 0.6 is 0 Å². The maximum Gasteiger partial charge on any atom is 0.242 e. The highest BCUT2D eigenvalue weighted by Gasteiger charge is 2.25. The summed E-state index contributed by atoms with van der Waals surface area (Å²) < 4.78 is 10.9. The van der Waals surface area contributed by atoms with Crippen molar-refractivity contribution in [1.82, 2.24) is 5.32 Å². The average Bonchev–Trinajstić information content (AvgIpc) is 2.78. The Kier molecular flexibility index (Phi) is 4.36. The van der Waals surface area contributed by atoms with E-state index in [-0.39, 0.29) is 11.9 Å². The molecule has 0 saturated heterocycles. The zero-order chi connectivity index (χ0) is 13.0. The minimum absolute atomic E-state index is 0.0214. The highest BCUT2D eigenvalue weighted by molar-refractivity contribution is 7.84. The second-order valence-corrected chi connectivity index (χ2v) is 6.03. The lowest BCUT2D eigenvalue weighted by molar-refractivity contribution is -0.121. The number of nitrogens with one attached hydrogen (secondary N) is 2. The molecular weight excluding hydrogens is 248 g/mol. The third-order valence-corrected chi connectivity index (χ3v) is 3.86. The average molecular weight is 266 g/mol. The van der Waals surface area contributed by atoms with Crippen molar-refractivity contribution in [2.24, 2.45) is 0 Å². The van der Waals surface area contributed by atoms with Gasteiger partial charge in [-0.25, -0.2) is 0 Å². The van der Waals surface area contributed by atoms with Gasteiger partial charge in [-0.05, 0) is 18.1 Å². The minimum Gasteiger partial charge on any atom is -0.373 e. The zero-order valence-electron chi connectivity index (χ0n) is 10.4. The van der Waals surface area contributed by atoms with Crippen LogP contribution in [0.25, 0.3) is 0 Å². The first-order chi connectivity index (χ1) is 8.66. The van der Waals surface area contributed by atoms with Gasteiger partial charge < -0.3 is 10.6 Å². The quantitative estimate of drug-likeness (QED) is 0.779. The van der Waals surface area contributed by atoms with Gasteiger partial charge in [-0.15, -0.1) is 0 Å². The van der Waals surface area contributed by atoms with E-state index in [9.17, 15) is 9.00 Å². The van der Waals surface area contributed by atoms with Crippen molar-refractivity contribution < 1.29 is 9.00 Å². The Labute approximate surface area is 110 Å². The molecule has 18 heavy (non-hydrogen) atoms. The van der Waals surface area contributed by atoms with Gasteiger partial charge in [-0.1, -0.05) is 18.2 Å². The summed E-state index contributed by atoms with van der Waals surface area (Å²) in [4.78, 5) is 11.9. The molecule has 98 valence electrons. The normalized spacial score (nSPS) is 18.8. The number of amides is 1. The fourth-order valence-corrected chi connectivity index (χ4v) is 2.62. The number of benzene rings is 1. The zero-order valence-corrected chi connectivity index (χ0v) is 11.3. The van der Waals surface area contributed by atoms with Crippen molar-refractivity contribution >= 4 is 22.4 Å². The first kappa shape index (κ1) is 13.1. The fraction of sp³-hybridized carbons (Fsp3) is 0.462. The monoisotopic (exact) mass is 266 g/mol. The van der Waals surface area contributed by atoms with Crippen LogP contribution in [0, 0.1) is 0 Å². The Bertz CT molecular complexity index is 437. The van der Waals surface area contributed by atoms with E-state index in [1.54, 1.807) is 6.26 Å². The smallest absolute Gasteiger partial charge is 0.242 e. The molecular formula is C13H18N2O2S. The van der Waals surface area contributed by atoms with Crippen LogP contribution in [0.4, 0.5) is 5.69 Å². The van der Waals surface area contributed by atoms with E-state index < -0.39 is 10.8 Å². The van der Waals surface area contributed by atoms with E-state index in [4.69, 9.17) is 0 Å². The van der Waals surface area contributed by atoms with Crippen LogP contribution in [-0.4, -0.2) is 34.7 Å². The topological polar surface area (TPSA) is 58.2 Å². The van der Waals surface area contributed by atoms with Crippen LogP contribution in [0.1, 0.15) is 12.0 Å². The summed E-state index contributed by atoms with van der Waals surface area (Å²) in [6, 6.07) is 7.80. The Morgan fingerprint density at radius 3 is 3.00 bits per heavy atom. The Morgan fingerprint density at radius 1 is 1.50 bits per heavy atom. The molecule has 2 rings (SSSR count). The molecule has 2 N–H and O–H groups in total. The summed E-state index contributed by atoms with van der Waals surface area (Å²) in [6.07, 6.45) is 3.17. The second-order valence-electron chi connectivity index (χ2n) is 4.48. The highest BCUT2D eigenvalue weighted by atomic mass is 32.2. The molecule has 4 nitrogen and oxygen atoms in total. The summed E-state index contributed by atoms with van der Waals surface area (Å²) in [5.41, 5.74) is 2.24. The molecule has 1 aromatic rings. The van der Waals surface area contributed by atoms with Crippen LogP contribution in [-0.2, 0) is 22.0 Å². The largest absolute Gasteiger partial charge is 0.373 e. The second kappa shape index (κ2) is 6.00. The summed E-state index contributed by atoms with van der Waals surface area (Å²) in [6.45, 7) is 0.590. The summed E-state index contributed by atoms with van der Waals surface area (Å²) in [7, 11) is -0.782. The molecule has 0 spiro atoms. The number of fused-ring (bicyclic) bond motifs is 1. The van der Waals surface area contributed by atoms with Gasteiger partial charge in [0.15, 0.2) is 0 Å². The van der Waals surface area contributed by atoms with Crippen molar-refractivity contribution in [3.8, 4) is 0 Å². The van der Waals surface area contributed by atoms with Gasteiger partial charge in [0.1, 0.15) is 6.04 Å². The Balaban J connectivity index is 1.77. The van der Waals surface area contributed by atoms with E-state index in [2.05, 4.69) is 10.6 Å². The molecule has 1 amide bonds. The van der Waals surface area contributed by atoms with Crippen molar-refractivity contribution in [3.05, 3.63) is 29.8 Å². The molecule has 1 aromatic carbocycles. The molecule has 1 heterocycles. The number of para-hydroxylation sites is 1. The molecule has 1 aliphatic heterocycles. The summed E-state index contributed by atoms with van der Waals surface area (Å²) in [5, 5.41) is 6.09. The third kappa shape index (κ3) is 3.32. The SMILES string of the molecule is CS(=O)CCCNC(=O)C1Cc2ccccc2N1. The summed E-state index contributed by atoms with van der Waals surface area (Å²) in [5.74, 6) is 0.659. The molecule has 2 unspecified atom stereocenters. The maximum atomic E-state index is 11.9. The van der Waals surface area contributed by atoms with Crippen molar-refractivity contribution in [1.29, 1.82) is 0 Å². The van der Waals surface area contributed by atoms with Crippen molar-refractivity contribution in [2.45, 2.75) is 18.9 Å². The predicted molar refractivity (Wildman–Crippen MR) is 74.1 cm³/mol. The molecule has 2 atom stereocenters. The van der Waals surface area contributed by atoms with E-state index in [1.807, 2.05) is 24.3 Å². The number of anilines is 1. The lowest BCUT2D eigenvalue weighted by Gasteiger charge is -2.11. The Hall–Kier alpha value is -1.36. The number of hydrogen-bond acceptors (Lipinski definition) is 3. The van der Waals surface area contributed by atoms with Crippen LogP contribution in [0.2, 0.25) is 0 Å². The van der Waals surface area contributed by atoms with Gasteiger partial charge in [-0.3, -0.25) is 9.00 Å². The highest BCUT2D eigenvalue weighted by Crippen LogP contribution is 2.24. The van der Waals surface area contributed by atoms with Crippen LogP contribution in [0.5, 0.6) is 0 Å². The first-order valence-corrected chi connectivity index (χ1v) is 7.81. The lowest BCUT2D eigenvalue weighted by Crippen LogP contribution is -2.39. The molecule has 0 saturated carbocycles. The van der Waals surface area contributed by atoms with E-state index in [0.717, 1.165) is 18.5 Å². The van der Waals surface area contributed by atoms with Gasteiger partial charge in [-0.2, -0.15) is 0 Å². The number of rotatable bonds is 5. The molecule has 0 aromatic heterocycles. The van der Waals surface area contributed by atoms with Gasteiger partial charge >= 0.3 is 0 Å². The van der Waals surface area contributed by atoms with Crippen molar-refractivity contribution in [2.75, 3.05) is 23.9 Å². The van der Waals surface area contributed by atoms with E-state index in [1.165, 1.54) is 5.56 Å². The molecule has 5 heteroatoms. The van der Waals surface area contributed by atoms with Crippen LogP contribution in [0.3, 0.4) is 0 Å². The molecule has 1 aliphatic rings.